The average Bonchev–Trinajstić information content (AvgIpc) is 3.26. The number of nitrogens with one attached hydrogen (secondary N) is 2. The standard InChI is InChI=1S/C18H26N6O/c1-19-18(25)15-9-8-13(23(15)2)14-5-3-4-10-24(14)11-16-20-17(22-21-16)12-6-7-12/h8-9,12,14H,3-7,10-11H2,1-2H3,(H,19,25)(H,20,21,22)/t14-/m1/s1. The van der Waals surface area contributed by atoms with Crippen LogP contribution in [0.15, 0.2) is 12.1 Å². The van der Waals surface area contributed by atoms with Gasteiger partial charge in [-0.05, 0) is 44.4 Å². The molecule has 134 valence electrons. The van der Waals surface area contributed by atoms with Crippen molar-refractivity contribution < 1.29 is 4.79 Å². The van der Waals surface area contributed by atoms with Crippen molar-refractivity contribution in [2.45, 2.75) is 50.6 Å². The summed E-state index contributed by atoms with van der Waals surface area (Å²) >= 11 is 0. The summed E-state index contributed by atoms with van der Waals surface area (Å²) in [6, 6.07) is 4.32. The van der Waals surface area contributed by atoms with Gasteiger partial charge in [-0.25, -0.2) is 4.98 Å². The van der Waals surface area contributed by atoms with E-state index in [0.29, 0.717) is 17.7 Å². The van der Waals surface area contributed by atoms with Gasteiger partial charge in [0.15, 0.2) is 5.82 Å². The van der Waals surface area contributed by atoms with Crippen molar-refractivity contribution in [3.63, 3.8) is 0 Å². The fraction of sp³-hybridized carbons (Fsp3) is 0.611. The number of carbonyl (C=O) groups is 1. The Bertz CT molecular complexity index is 759. The smallest absolute Gasteiger partial charge is 0.267 e. The Morgan fingerprint density at radius 2 is 2.16 bits per heavy atom. The number of carbonyl (C=O) groups excluding carboxylic acids is 1. The van der Waals surface area contributed by atoms with Crippen molar-refractivity contribution in [2.75, 3.05) is 13.6 Å². The highest BCUT2D eigenvalue weighted by Gasteiger charge is 2.30. The number of nitrogens with zero attached hydrogens (tertiary/aromatic N) is 4. The molecule has 2 aromatic heterocycles. The molecule has 0 spiro atoms. The summed E-state index contributed by atoms with van der Waals surface area (Å²) in [4.78, 5) is 19.2. The van der Waals surface area contributed by atoms with E-state index in [1.807, 2.05) is 17.7 Å². The summed E-state index contributed by atoms with van der Waals surface area (Å²) in [5, 5.41) is 10.2. The lowest BCUT2D eigenvalue weighted by atomic mass is 9.99. The molecule has 1 atom stereocenters. The molecule has 1 amide bonds. The highest BCUT2D eigenvalue weighted by atomic mass is 16.1. The molecular formula is C18H26N6O. The molecule has 3 heterocycles. The predicted molar refractivity (Wildman–Crippen MR) is 94.2 cm³/mol. The third-order valence-electron chi connectivity index (χ3n) is 5.42. The molecule has 25 heavy (non-hydrogen) atoms. The van der Waals surface area contributed by atoms with Crippen LogP contribution in [0.1, 0.15) is 71.9 Å². The van der Waals surface area contributed by atoms with Crippen LogP contribution in [0.2, 0.25) is 0 Å². The maximum absolute atomic E-state index is 12.0. The summed E-state index contributed by atoms with van der Waals surface area (Å²) in [5.41, 5.74) is 1.90. The number of rotatable bonds is 5. The van der Waals surface area contributed by atoms with Crippen molar-refractivity contribution in [1.82, 2.24) is 30.0 Å². The molecule has 0 unspecified atom stereocenters. The molecule has 0 aromatic carbocycles. The van der Waals surface area contributed by atoms with Crippen molar-refractivity contribution >= 4 is 5.91 Å². The molecule has 4 rings (SSSR count). The van der Waals surface area contributed by atoms with Crippen LogP contribution in [0.4, 0.5) is 0 Å². The molecule has 7 nitrogen and oxygen atoms in total. The number of piperidine rings is 1. The van der Waals surface area contributed by atoms with E-state index in [1.165, 1.54) is 31.4 Å². The average molecular weight is 342 g/mol. The number of hydrogen-bond acceptors (Lipinski definition) is 4. The van der Waals surface area contributed by atoms with Gasteiger partial charge in [-0.2, -0.15) is 5.10 Å². The van der Waals surface area contributed by atoms with E-state index in [2.05, 4.69) is 31.5 Å². The van der Waals surface area contributed by atoms with E-state index in [4.69, 9.17) is 0 Å². The predicted octanol–water partition coefficient (Wildman–Crippen LogP) is 2.11. The van der Waals surface area contributed by atoms with Gasteiger partial charge in [0.25, 0.3) is 5.91 Å². The van der Waals surface area contributed by atoms with Gasteiger partial charge in [0, 0.05) is 25.7 Å². The number of likely N-dealkylation sites (tertiary alicyclic amines) is 1. The van der Waals surface area contributed by atoms with Crippen LogP contribution in [-0.4, -0.2) is 44.1 Å². The van der Waals surface area contributed by atoms with E-state index in [-0.39, 0.29) is 5.91 Å². The lowest BCUT2D eigenvalue weighted by molar-refractivity contribution is 0.0952. The zero-order valence-electron chi connectivity index (χ0n) is 15.0. The summed E-state index contributed by atoms with van der Waals surface area (Å²) in [5.74, 6) is 2.46. The van der Waals surface area contributed by atoms with Crippen molar-refractivity contribution in [3.8, 4) is 0 Å². The van der Waals surface area contributed by atoms with Crippen molar-refractivity contribution in [1.29, 1.82) is 0 Å². The number of amides is 1. The van der Waals surface area contributed by atoms with E-state index in [0.717, 1.165) is 31.2 Å². The van der Waals surface area contributed by atoms with Gasteiger partial charge in [-0.3, -0.25) is 14.8 Å². The largest absolute Gasteiger partial charge is 0.354 e. The number of aromatic nitrogens is 4. The third kappa shape index (κ3) is 3.20. The molecular weight excluding hydrogens is 316 g/mol. The van der Waals surface area contributed by atoms with Gasteiger partial charge in [0.2, 0.25) is 0 Å². The maximum Gasteiger partial charge on any atom is 0.267 e. The summed E-state index contributed by atoms with van der Waals surface area (Å²) < 4.78 is 2.03. The van der Waals surface area contributed by atoms with Crippen molar-refractivity contribution in [3.05, 3.63) is 35.2 Å². The van der Waals surface area contributed by atoms with Crippen LogP contribution in [0.5, 0.6) is 0 Å². The Morgan fingerprint density at radius 3 is 2.92 bits per heavy atom. The highest BCUT2D eigenvalue weighted by molar-refractivity contribution is 5.92. The zero-order chi connectivity index (χ0) is 17.4. The maximum atomic E-state index is 12.0. The molecule has 2 fully saturated rings. The topological polar surface area (TPSA) is 78.8 Å². The minimum absolute atomic E-state index is 0.0413. The molecule has 2 aromatic rings. The summed E-state index contributed by atoms with van der Waals surface area (Å²) in [6.45, 7) is 1.83. The van der Waals surface area contributed by atoms with Gasteiger partial charge in [0.05, 0.1) is 12.6 Å². The Balaban J connectivity index is 1.54. The molecule has 1 saturated carbocycles. The summed E-state index contributed by atoms with van der Waals surface area (Å²) in [7, 11) is 3.65. The molecule has 2 aliphatic rings. The molecule has 7 heteroatoms. The number of H-pyrrole nitrogens is 1. The van der Waals surface area contributed by atoms with Gasteiger partial charge in [-0.1, -0.05) is 6.42 Å². The summed E-state index contributed by atoms with van der Waals surface area (Å²) in [6.07, 6.45) is 5.96. The molecule has 1 saturated heterocycles. The number of hydrogen-bond donors (Lipinski definition) is 2. The van der Waals surface area contributed by atoms with E-state index in [9.17, 15) is 4.79 Å². The van der Waals surface area contributed by atoms with Crippen LogP contribution in [0, 0.1) is 0 Å². The van der Waals surface area contributed by atoms with Crippen LogP contribution >= 0.6 is 0 Å². The fourth-order valence-corrected chi connectivity index (χ4v) is 3.83. The minimum Gasteiger partial charge on any atom is -0.354 e. The van der Waals surface area contributed by atoms with E-state index < -0.39 is 0 Å². The Labute approximate surface area is 147 Å². The molecule has 0 bridgehead atoms. The van der Waals surface area contributed by atoms with Gasteiger partial charge in [-0.15, -0.1) is 0 Å². The molecule has 1 aliphatic carbocycles. The SMILES string of the molecule is CNC(=O)c1ccc([C@H]2CCCCN2Cc2nc(C3CC3)n[nH]2)n1C. The quantitative estimate of drug-likeness (QED) is 0.872. The number of aromatic amines is 1. The fourth-order valence-electron chi connectivity index (χ4n) is 3.83. The normalized spacial score (nSPS) is 21.4. The van der Waals surface area contributed by atoms with E-state index >= 15 is 0 Å². The van der Waals surface area contributed by atoms with Gasteiger partial charge >= 0.3 is 0 Å². The second kappa shape index (κ2) is 6.63. The first kappa shape index (κ1) is 16.3. The lowest BCUT2D eigenvalue weighted by Crippen LogP contribution is -2.34. The first-order chi connectivity index (χ1) is 12.2. The van der Waals surface area contributed by atoms with Crippen LogP contribution < -0.4 is 5.32 Å². The van der Waals surface area contributed by atoms with Crippen LogP contribution in [-0.2, 0) is 13.6 Å². The molecule has 0 radical (unpaired) electrons. The van der Waals surface area contributed by atoms with Crippen LogP contribution in [0.3, 0.4) is 0 Å². The van der Waals surface area contributed by atoms with Crippen LogP contribution in [0.25, 0.3) is 0 Å². The Hall–Kier alpha value is -2.15. The van der Waals surface area contributed by atoms with Crippen molar-refractivity contribution in [2.24, 2.45) is 7.05 Å². The second-order valence-corrected chi connectivity index (χ2v) is 7.18. The Kier molecular flexibility index (Phi) is 4.33. The molecule has 2 N–H and O–H groups in total. The Morgan fingerprint density at radius 1 is 1.32 bits per heavy atom. The first-order valence-corrected chi connectivity index (χ1v) is 9.20. The minimum atomic E-state index is -0.0413. The van der Waals surface area contributed by atoms with Gasteiger partial charge < -0.3 is 9.88 Å². The lowest BCUT2D eigenvalue weighted by Gasteiger charge is -2.35. The monoisotopic (exact) mass is 342 g/mol. The van der Waals surface area contributed by atoms with Gasteiger partial charge in [0.1, 0.15) is 11.5 Å². The highest BCUT2D eigenvalue weighted by Crippen LogP contribution is 2.38. The molecule has 1 aliphatic heterocycles. The first-order valence-electron chi connectivity index (χ1n) is 9.20. The zero-order valence-corrected chi connectivity index (χ0v) is 15.0. The van der Waals surface area contributed by atoms with E-state index in [1.54, 1.807) is 7.05 Å². The second-order valence-electron chi connectivity index (χ2n) is 7.18. The third-order valence-corrected chi connectivity index (χ3v) is 5.42.